The monoisotopic (exact) mass is 278 g/mol. The van der Waals surface area contributed by atoms with Gasteiger partial charge in [-0.25, -0.2) is 0 Å². The Kier molecular flexibility index (Phi) is 4.40. The lowest BCUT2D eigenvalue weighted by Crippen LogP contribution is -2.13. The molecule has 0 spiro atoms. The van der Waals surface area contributed by atoms with Crippen molar-refractivity contribution >= 4 is 29.0 Å². The summed E-state index contributed by atoms with van der Waals surface area (Å²) in [6.07, 6.45) is 0. The fraction of sp³-hybridized carbons (Fsp3) is 0.133. The molecule has 0 aliphatic heterocycles. The van der Waals surface area contributed by atoms with Crippen LogP contribution in [0.4, 0.5) is 0 Å². The molecule has 0 heterocycles. The molecule has 0 N–H and O–H groups in total. The van der Waals surface area contributed by atoms with E-state index in [1.165, 1.54) is 0 Å². The fourth-order valence-electron chi connectivity index (χ4n) is 1.70. The van der Waals surface area contributed by atoms with Gasteiger partial charge in [0.05, 0.1) is 0 Å². The van der Waals surface area contributed by atoms with Crippen molar-refractivity contribution < 1.29 is 4.79 Å². The molecule has 18 heavy (non-hydrogen) atoms. The van der Waals surface area contributed by atoms with Crippen LogP contribution in [0.1, 0.15) is 21.9 Å². The Bertz CT molecular complexity index is 463. The number of hydrogen-bond donors (Lipinski definition) is 0. The van der Waals surface area contributed by atoms with Gasteiger partial charge in [-0.2, -0.15) is 0 Å². The summed E-state index contributed by atoms with van der Waals surface area (Å²) >= 11 is 12.3. The summed E-state index contributed by atoms with van der Waals surface area (Å²) in [5, 5.41) is -1.43. The number of rotatable bonds is 4. The van der Waals surface area contributed by atoms with E-state index >= 15 is 0 Å². The number of hydrogen-bond acceptors (Lipinski definition) is 1. The zero-order valence-electron chi connectivity index (χ0n) is 9.59. The van der Waals surface area contributed by atoms with Crippen LogP contribution in [0.25, 0.3) is 0 Å². The van der Waals surface area contributed by atoms with Gasteiger partial charge in [0.25, 0.3) is 0 Å². The summed E-state index contributed by atoms with van der Waals surface area (Å²) in [5.41, 5.74) is 1.54. The standard InChI is InChI=1S/C15H12Cl2O/c16-13(11-7-3-1-4-8-11)15(18)14(17)12-9-5-2-6-10-12/h1-10,13-14H/t13-,14+. The van der Waals surface area contributed by atoms with Crippen molar-refractivity contribution in [2.45, 2.75) is 10.8 Å². The molecule has 1 nitrogen and oxygen atoms in total. The second-order valence-electron chi connectivity index (χ2n) is 3.95. The van der Waals surface area contributed by atoms with Crippen molar-refractivity contribution in [3.05, 3.63) is 71.8 Å². The number of ketones is 1. The Balaban J connectivity index is 2.17. The minimum Gasteiger partial charge on any atom is -0.296 e. The number of benzene rings is 2. The fourth-order valence-corrected chi connectivity index (χ4v) is 2.31. The topological polar surface area (TPSA) is 17.1 Å². The van der Waals surface area contributed by atoms with E-state index in [-0.39, 0.29) is 5.78 Å². The maximum absolute atomic E-state index is 12.2. The third-order valence-electron chi connectivity index (χ3n) is 2.68. The van der Waals surface area contributed by atoms with Gasteiger partial charge in [-0.1, -0.05) is 60.7 Å². The largest absolute Gasteiger partial charge is 0.296 e. The SMILES string of the molecule is O=C([C@@H](Cl)c1ccccc1)[C@H](Cl)c1ccccc1. The molecule has 2 rings (SSSR count). The van der Waals surface area contributed by atoms with Gasteiger partial charge in [-0.15, -0.1) is 23.2 Å². The molecule has 92 valence electrons. The molecule has 0 saturated carbocycles. The molecule has 0 fully saturated rings. The van der Waals surface area contributed by atoms with E-state index in [1.54, 1.807) is 0 Å². The summed E-state index contributed by atoms with van der Waals surface area (Å²) in [7, 11) is 0. The molecule has 0 aliphatic rings. The highest BCUT2D eigenvalue weighted by Crippen LogP contribution is 2.31. The van der Waals surface area contributed by atoms with Crippen LogP contribution in [-0.2, 0) is 4.79 Å². The number of alkyl halides is 2. The molecule has 0 bridgehead atoms. The van der Waals surface area contributed by atoms with Crippen LogP contribution in [0.5, 0.6) is 0 Å². The predicted octanol–water partition coefficient (Wildman–Crippen LogP) is 4.52. The maximum atomic E-state index is 12.2. The highest BCUT2D eigenvalue weighted by molar-refractivity contribution is 6.40. The molecule has 0 amide bonds. The van der Waals surface area contributed by atoms with Gasteiger partial charge < -0.3 is 0 Å². The molecule has 2 atom stereocenters. The van der Waals surface area contributed by atoms with Crippen molar-refractivity contribution in [2.75, 3.05) is 0 Å². The molecule has 3 heteroatoms. The number of Topliss-reactive ketones (excluding diaryl/α,β-unsaturated/α-hetero) is 1. The van der Waals surface area contributed by atoms with Gasteiger partial charge >= 0.3 is 0 Å². The van der Waals surface area contributed by atoms with Crippen LogP contribution in [0.15, 0.2) is 60.7 Å². The van der Waals surface area contributed by atoms with E-state index in [0.717, 1.165) is 11.1 Å². The summed E-state index contributed by atoms with van der Waals surface area (Å²) in [5.74, 6) is -0.198. The van der Waals surface area contributed by atoms with Gasteiger partial charge in [-0.05, 0) is 11.1 Å². The van der Waals surface area contributed by atoms with Crippen molar-refractivity contribution in [3.8, 4) is 0 Å². The minimum absolute atomic E-state index is 0.198. The summed E-state index contributed by atoms with van der Waals surface area (Å²) < 4.78 is 0. The van der Waals surface area contributed by atoms with E-state index in [4.69, 9.17) is 23.2 Å². The van der Waals surface area contributed by atoms with Gasteiger partial charge in [0.2, 0.25) is 0 Å². The lowest BCUT2D eigenvalue weighted by molar-refractivity contribution is -0.118. The lowest BCUT2D eigenvalue weighted by atomic mass is 10.0. The third-order valence-corrected chi connectivity index (χ3v) is 3.62. The second-order valence-corrected chi connectivity index (χ2v) is 4.82. The van der Waals surface area contributed by atoms with Crippen molar-refractivity contribution in [3.63, 3.8) is 0 Å². The van der Waals surface area contributed by atoms with E-state index < -0.39 is 10.8 Å². The van der Waals surface area contributed by atoms with Gasteiger partial charge in [0, 0.05) is 0 Å². The van der Waals surface area contributed by atoms with Crippen LogP contribution in [0.3, 0.4) is 0 Å². The summed E-state index contributed by atoms with van der Waals surface area (Å²) in [4.78, 5) is 12.2. The normalized spacial score (nSPS) is 13.9. The van der Waals surface area contributed by atoms with Crippen molar-refractivity contribution in [2.24, 2.45) is 0 Å². The first-order valence-electron chi connectivity index (χ1n) is 5.62. The first kappa shape index (κ1) is 13.1. The average molecular weight is 279 g/mol. The van der Waals surface area contributed by atoms with Crippen LogP contribution in [0, 0.1) is 0 Å². The molecule has 0 aliphatic carbocycles. The summed E-state index contributed by atoms with van der Waals surface area (Å²) in [6, 6.07) is 18.5. The molecular formula is C15H12Cl2O. The Hall–Kier alpha value is -1.31. The maximum Gasteiger partial charge on any atom is 0.177 e. The second kappa shape index (κ2) is 6.03. The predicted molar refractivity (Wildman–Crippen MR) is 75.1 cm³/mol. The Morgan fingerprint density at radius 2 is 1.06 bits per heavy atom. The molecule has 2 aromatic carbocycles. The highest BCUT2D eigenvalue weighted by Gasteiger charge is 2.25. The van der Waals surface area contributed by atoms with Gasteiger partial charge in [0.1, 0.15) is 10.8 Å². The third kappa shape index (κ3) is 2.92. The average Bonchev–Trinajstić information content (AvgIpc) is 2.47. The zero-order chi connectivity index (χ0) is 13.0. The summed E-state index contributed by atoms with van der Waals surface area (Å²) in [6.45, 7) is 0. The minimum atomic E-state index is -0.714. The molecule has 0 aromatic heterocycles. The molecule has 0 radical (unpaired) electrons. The molecule has 0 unspecified atom stereocenters. The van der Waals surface area contributed by atoms with E-state index in [1.807, 2.05) is 60.7 Å². The first-order chi connectivity index (χ1) is 8.70. The number of halogens is 2. The Labute approximate surface area is 116 Å². The van der Waals surface area contributed by atoms with Crippen LogP contribution >= 0.6 is 23.2 Å². The Morgan fingerprint density at radius 3 is 1.39 bits per heavy atom. The van der Waals surface area contributed by atoms with Gasteiger partial charge in [-0.3, -0.25) is 4.79 Å². The number of carbonyl (C=O) groups is 1. The van der Waals surface area contributed by atoms with E-state index in [0.29, 0.717) is 0 Å². The van der Waals surface area contributed by atoms with Crippen molar-refractivity contribution in [1.82, 2.24) is 0 Å². The Morgan fingerprint density at radius 1 is 0.722 bits per heavy atom. The van der Waals surface area contributed by atoms with Crippen LogP contribution < -0.4 is 0 Å². The van der Waals surface area contributed by atoms with E-state index in [9.17, 15) is 4.79 Å². The van der Waals surface area contributed by atoms with E-state index in [2.05, 4.69) is 0 Å². The molecular weight excluding hydrogens is 267 g/mol. The van der Waals surface area contributed by atoms with Crippen LogP contribution in [-0.4, -0.2) is 5.78 Å². The molecule has 0 saturated heterocycles. The van der Waals surface area contributed by atoms with Gasteiger partial charge in [0.15, 0.2) is 5.78 Å². The van der Waals surface area contributed by atoms with Crippen LogP contribution in [0.2, 0.25) is 0 Å². The zero-order valence-corrected chi connectivity index (χ0v) is 11.1. The quantitative estimate of drug-likeness (QED) is 0.752. The van der Waals surface area contributed by atoms with Crippen molar-refractivity contribution in [1.29, 1.82) is 0 Å². The highest BCUT2D eigenvalue weighted by atomic mass is 35.5. The number of carbonyl (C=O) groups excluding carboxylic acids is 1. The smallest absolute Gasteiger partial charge is 0.177 e. The molecule has 2 aromatic rings. The first-order valence-corrected chi connectivity index (χ1v) is 6.49. The lowest BCUT2D eigenvalue weighted by Gasteiger charge is -2.13.